The molecule has 5 nitrogen and oxygen atoms in total. The number of hydrogen-bond donors (Lipinski definition) is 1. The smallest absolute Gasteiger partial charge is 0.247 e. The number of benzene rings is 2. The molecule has 23 heavy (non-hydrogen) atoms. The second-order valence-electron chi connectivity index (χ2n) is 5.12. The maximum absolute atomic E-state index is 12.9. The second-order valence-corrected chi connectivity index (χ2v) is 5.12. The molecule has 0 amide bonds. The van der Waals surface area contributed by atoms with Gasteiger partial charge >= 0.3 is 0 Å². The lowest BCUT2D eigenvalue weighted by Crippen LogP contribution is -2.19. The third-order valence-electron chi connectivity index (χ3n) is 3.27. The minimum atomic E-state index is -0.278. The number of nitrogens with zero attached hydrogens (tertiary/aromatic N) is 4. The molecule has 1 heterocycles. The van der Waals surface area contributed by atoms with Gasteiger partial charge in [0.05, 0.1) is 6.20 Å². The first-order chi connectivity index (χ1) is 11.2. The van der Waals surface area contributed by atoms with Gasteiger partial charge in [-0.05, 0) is 29.8 Å². The Hall–Kier alpha value is -3.02. The highest BCUT2D eigenvalue weighted by Crippen LogP contribution is 2.16. The van der Waals surface area contributed by atoms with E-state index in [0.29, 0.717) is 18.3 Å². The van der Waals surface area contributed by atoms with Gasteiger partial charge in [0.2, 0.25) is 5.95 Å². The standard InChI is InChI=1S/C17H16FN5/c1-23(12-13-5-3-2-4-6-13)17-21-16(11-19-22-17)20-15-9-7-14(18)8-10-15/h2-11H,12H2,1H3,(H,20,21,22). The molecule has 0 aliphatic heterocycles. The molecule has 0 unspecified atom stereocenters. The van der Waals surface area contributed by atoms with Gasteiger partial charge in [-0.3, -0.25) is 0 Å². The van der Waals surface area contributed by atoms with Crippen LogP contribution in [0.15, 0.2) is 60.8 Å². The van der Waals surface area contributed by atoms with Crippen molar-refractivity contribution in [1.29, 1.82) is 0 Å². The molecule has 0 saturated heterocycles. The predicted molar refractivity (Wildman–Crippen MR) is 88.1 cm³/mol. The van der Waals surface area contributed by atoms with Crippen molar-refractivity contribution in [2.75, 3.05) is 17.3 Å². The van der Waals surface area contributed by atoms with Gasteiger partial charge < -0.3 is 10.2 Å². The van der Waals surface area contributed by atoms with Crippen LogP contribution in [-0.2, 0) is 6.54 Å². The number of aromatic nitrogens is 3. The van der Waals surface area contributed by atoms with E-state index in [2.05, 4.69) is 20.5 Å². The fourth-order valence-electron chi connectivity index (χ4n) is 2.13. The maximum atomic E-state index is 12.9. The highest BCUT2D eigenvalue weighted by molar-refractivity contribution is 5.55. The monoisotopic (exact) mass is 309 g/mol. The molecule has 1 aromatic heterocycles. The van der Waals surface area contributed by atoms with Crippen LogP contribution in [-0.4, -0.2) is 22.2 Å². The van der Waals surface area contributed by atoms with Crippen molar-refractivity contribution in [3.05, 3.63) is 72.2 Å². The molecule has 116 valence electrons. The summed E-state index contributed by atoms with van der Waals surface area (Å²) in [6.07, 6.45) is 1.53. The zero-order valence-corrected chi connectivity index (χ0v) is 12.6. The molecule has 0 fully saturated rings. The summed E-state index contributed by atoms with van der Waals surface area (Å²) in [6, 6.07) is 16.1. The van der Waals surface area contributed by atoms with Crippen molar-refractivity contribution in [3.63, 3.8) is 0 Å². The molecular weight excluding hydrogens is 293 g/mol. The summed E-state index contributed by atoms with van der Waals surface area (Å²) in [5.41, 5.74) is 1.90. The Kier molecular flexibility index (Phi) is 4.42. The molecule has 0 aliphatic rings. The molecule has 3 rings (SSSR count). The molecule has 2 aromatic carbocycles. The Morgan fingerprint density at radius 3 is 2.52 bits per heavy atom. The van der Waals surface area contributed by atoms with Crippen LogP contribution in [0.4, 0.5) is 21.8 Å². The van der Waals surface area contributed by atoms with E-state index >= 15 is 0 Å². The van der Waals surface area contributed by atoms with E-state index in [1.54, 1.807) is 12.1 Å². The first-order valence-electron chi connectivity index (χ1n) is 7.18. The van der Waals surface area contributed by atoms with E-state index in [1.807, 2.05) is 42.3 Å². The Morgan fingerprint density at radius 2 is 1.78 bits per heavy atom. The topological polar surface area (TPSA) is 53.9 Å². The molecular formula is C17H16FN5. The molecule has 0 saturated carbocycles. The Balaban J connectivity index is 1.72. The van der Waals surface area contributed by atoms with Crippen LogP contribution >= 0.6 is 0 Å². The fraction of sp³-hybridized carbons (Fsp3) is 0.118. The number of halogens is 1. The maximum Gasteiger partial charge on any atom is 0.247 e. The average Bonchev–Trinajstić information content (AvgIpc) is 2.58. The van der Waals surface area contributed by atoms with Gasteiger partial charge in [0.25, 0.3) is 0 Å². The van der Waals surface area contributed by atoms with E-state index < -0.39 is 0 Å². The van der Waals surface area contributed by atoms with Crippen molar-refractivity contribution >= 4 is 17.5 Å². The number of rotatable bonds is 5. The van der Waals surface area contributed by atoms with Crippen molar-refractivity contribution in [3.8, 4) is 0 Å². The summed E-state index contributed by atoms with van der Waals surface area (Å²) >= 11 is 0. The number of anilines is 3. The van der Waals surface area contributed by atoms with Gasteiger partial charge in [0, 0.05) is 19.3 Å². The van der Waals surface area contributed by atoms with E-state index in [9.17, 15) is 4.39 Å². The Bertz CT molecular complexity index is 761. The Labute approximate surface area is 133 Å². The summed E-state index contributed by atoms with van der Waals surface area (Å²) in [6.45, 7) is 0.683. The van der Waals surface area contributed by atoms with Crippen LogP contribution in [0.25, 0.3) is 0 Å². The van der Waals surface area contributed by atoms with Gasteiger partial charge in [-0.1, -0.05) is 30.3 Å². The minimum Gasteiger partial charge on any atom is -0.339 e. The quantitative estimate of drug-likeness (QED) is 0.783. The fourth-order valence-corrected chi connectivity index (χ4v) is 2.13. The van der Waals surface area contributed by atoms with Crippen molar-refractivity contribution in [1.82, 2.24) is 15.2 Å². The van der Waals surface area contributed by atoms with Gasteiger partial charge in [-0.2, -0.15) is 10.1 Å². The zero-order chi connectivity index (χ0) is 16.1. The summed E-state index contributed by atoms with van der Waals surface area (Å²) in [7, 11) is 1.91. The SMILES string of the molecule is CN(Cc1ccccc1)c1nncc(Nc2ccc(F)cc2)n1. The number of hydrogen-bond acceptors (Lipinski definition) is 5. The third kappa shape index (κ3) is 4.00. The molecule has 3 aromatic rings. The first-order valence-corrected chi connectivity index (χ1v) is 7.18. The van der Waals surface area contributed by atoms with E-state index in [-0.39, 0.29) is 5.82 Å². The third-order valence-corrected chi connectivity index (χ3v) is 3.27. The predicted octanol–water partition coefficient (Wildman–Crippen LogP) is 3.39. The lowest BCUT2D eigenvalue weighted by molar-refractivity contribution is 0.628. The molecule has 0 aliphatic carbocycles. The first kappa shape index (κ1) is 14.9. The largest absolute Gasteiger partial charge is 0.339 e. The van der Waals surface area contributed by atoms with Gasteiger partial charge in [0.15, 0.2) is 5.82 Å². The van der Waals surface area contributed by atoms with E-state index in [1.165, 1.54) is 18.3 Å². The van der Waals surface area contributed by atoms with E-state index in [4.69, 9.17) is 0 Å². The van der Waals surface area contributed by atoms with Crippen LogP contribution in [0.1, 0.15) is 5.56 Å². The van der Waals surface area contributed by atoms with Gasteiger partial charge in [0.1, 0.15) is 5.82 Å². The molecule has 1 N–H and O–H groups in total. The van der Waals surface area contributed by atoms with Crippen LogP contribution in [0.3, 0.4) is 0 Å². The molecule has 0 radical (unpaired) electrons. The highest BCUT2D eigenvalue weighted by Gasteiger charge is 2.07. The zero-order valence-electron chi connectivity index (χ0n) is 12.6. The second kappa shape index (κ2) is 6.83. The minimum absolute atomic E-state index is 0.278. The average molecular weight is 309 g/mol. The normalized spacial score (nSPS) is 10.3. The lowest BCUT2D eigenvalue weighted by Gasteiger charge is -2.17. The molecule has 6 heteroatoms. The van der Waals surface area contributed by atoms with Crippen LogP contribution in [0.5, 0.6) is 0 Å². The Morgan fingerprint density at radius 1 is 1.04 bits per heavy atom. The van der Waals surface area contributed by atoms with Gasteiger partial charge in [-0.15, -0.1) is 5.10 Å². The van der Waals surface area contributed by atoms with E-state index in [0.717, 1.165) is 11.3 Å². The van der Waals surface area contributed by atoms with Crippen LogP contribution in [0.2, 0.25) is 0 Å². The van der Waals surface area contributed by atoms with Gasteiger partial charge in [-0.25, -0.2) is 4.39 Å². The van der Waals surface area contributed by atoms with Crippen molar-refractivity contribution in [2.45, 2.75) is 6.54 Å². The summed E-state index contributed by atoms with van der Waals surface area (Å²) in [5.74, 6) is 0.794. The van der Waals surface area contributed by atoms with Crippen LogP contribution in [0, 0.1) is 5.82 Å². The lowest BCUT2D eigenvalue weighted by atomic mass is 10.2. The summed E-state index contributed by atoms with van der Waals surface area (Å²) < 4.78 is 12.9. The van der Waals surface area contributed by atoms with Crippen LogP contribution < -0.4 is 10.2 Å². The summed E-state index contributed by atoms with van der Waals surface area (Å²) in [5, 5.41) is 11.1. The number of nitrogens with one attached hydrogen (secondary N) is 1. The highest BCUT2D eigenvalue weighted by atomic mass is 19.1. The molecule has 0 atom stereocenters. The molecule has 0 bridgehead atoms. The summed E-state index contributed by atoms with van der Waals surface area (Å²) in [4.78, 5) is 6.35. The van der Waals surface area contributed by atoms with Crippen molar-refractivity contribution < 1.29 is 4.39 Å². The van der Waals surface area contributed by atoms with Crippen molar-refractivity contribution in [2.24, 2.45) is 0 Å². The molecule has 0 spiro atoms.